The van der Waals surface area contributed by atoms with Gasteiger partial charge in [0.15, 0.2) is 6.29 Å². The molecule has 4 atom stereocenters. The van der Waals surface area contributed by atoms with Crippen molar-refractivity contribution in [2.45, 2.75) is 98.8 Å². The summed E-state index contributed by atoms with van der Waals surface area (Å²) < 4.78 is 0. The first-order chi connectivity index (χ1) is 20.4. The zero-order chi connectivity index (χ0) is 31.6. The van der Waals surface area contributed by atoms with E-state index in [0.717, 1.165) is 62.7 Å². The van der Waals surface area contributed by atoms with Crippen LogP contribution in [0.25, 0.3) is 12.2 Å². The second kappa shape index (κ2) is 13.3. The van der Waals surface area contributed by atoms with Crippen LogP contribution < -0.4 is 15.7 Å². The Labute approximate surface area is 253 Å². The van der Waals surface area contributed by atoms with Crippen molar-refractivity contribution in [2.75, 3.05) is 0 Å². The summed E-state index contributed by atoms with van der Waals surface area (Å²) in [6, 6.07) is -0.118. The van der Waals surface area contributed by atoms with Crippen molar-refractivity contribution in [1.29, 1.82) is 0 Å². The fourth-order valence-electron chi connectivity index (χ4n) is 6.68. The van der Waals surface area contributed by atoms with Crippen LogP contribution in [0.5, 0.6) is 0 Å². The van der Waals surface area contributed by atoms with Gasteiger partial charge in [0.25, 0.3) is 0 Å². The molecular weight excluding hydrogens is 548 g/mol. The number of carboxylic acids is 1. The second-order valence-electron chi connectivity index (χ2n) is 12.0. The van der Waals surface area contributed by atoms with Gasteiger partial charge in [0.05, 0.1) is 6.04 Å². The molecule has 43 heavy (non-hydrogen) atoms. The third kappa shape index (κ3) is 6.80. The summed E-state index contributed by atoms with van der Waals surface area (Å²) in [7, 11) is 0. The lowest BCUT2D eigenvalue weighted by molar-refractivity contribution is -0.222. The van der Waals surface area contributed by atoms with Crippen LogP contribution in [0.15, 0.2) is 38.8 Å². The number of carbonyl (C=O) groups is 2. The van der Waals surface area contributed by atoms with Gasteiger partial charge in [-0.1, -0.05) is 20.8 Å². The zero-order valence-electron chi connectivity index (χ0n) is 26.0. The van der Waals surface area contributed by atoms with Gasteiger partial charge >= 0.3 is 5.97 Å². The Kier molecular flexibility index (Phi) is 10.0. The zero-order valence-corrected chi connectivity index (χ0v) is 26.0. The van der Waals surface area contributed by atoms with Gasteiger partial charge in [-0.15, -0.1) is 0 Å². The second-order valence-corrected chi connectivity index (χ2v) is 12.0. The van der Waals surface area contributed by atoms with Crippen LogP contribution in [-0.2, 0) is 16.0 Å². The van der Waals surface area contributed by atoms with Crippen molar-refractivity contribution < 1.29 is 30.0 Å². The summed E-state index contributed by atoms with van der Waals surface area (Å²) in [6.45, 7) is 11.9. The topological polar surface area (TPSA) is 170 Å². The minimum atomic E-state index is -1.44. The summed E-state index contributed by atoms with van der Waals surface area (Å²) in [5.74, 6) is -1.30. The molecule has 0 aromatic carbocycles. The van der Waals surface area contributed by atoms with Gasteiger partial charge < -0.3 is 36.0 Å². The molecule has 1 amide bonds. The van der Waals surface area contributed by atoms with Crippen molar-refractivity contribution in [2.24, 2.45) is 22.7 Å². The third-order valence-electron chi connectivity index (χ3n) is 9.41. The number of aliphatic hydroxyl groups is 2. The Bertz CT molecular complexity index is 1430. The van der Waals surface area contributed by atoms with E-state index in [1.54, 1.807) is 0 Å². The van der Waals surface area contributed by atoms with Crippen LogP contribution in [-0.4, -0.2) is 50.4 Å². The first kappa shape index (κ1) is 32.3. The fourth-order valence-corrected chi connectivity index (χ4v) is 6.68. The fraction of sp³-hybridized carbons (Fsp3) is 0.545. The smallest absolute Gasteiger partial charge is 0.303 e. The Morgan fingerprint density at radius 1 is 1.12 bits per heavy atom. The molecular formula is C33H45N4O6-. The number of amides is 1. The molecule has 0 saturated heterocycles. The van der Waals surface area contributed by atoms with Crippen LogP contribution in [0.2, 0.25) is 0 Å². The van der Waals surface area contributed by atoms with Crippen molar-refractivity contribution in [3.05, 3.63) is 56.3 Å². The minimum absolute atomic E-state index is 0.0287. The van der Waals surface area contributed by atoms with Gasteiger partial charge in [0.2, 0.25) is 5.91 Å². The van der Waals surface area contributed by atoms with Crippen LogP contribution in [0.4, 0.5) is 0 Å². The molecule has 6 N–H and O–H groups in total. The quantitative estimate of drug-likeness (QED) is 0.201. The molecule has 3 aliphatic heterocycles. The maximum absolute atomic E-state index is 12.5. The number of allylic oxidation sites excluding steroid dienone is 2. The van der Waals surface area contributed by atoms with Gasteiger partial charge in [-0.05, 0) is 99.1 Å². The number of nitrogens with one attached hydrogen (secondary N) is 3. The number of rotatable bonds is 12. The lowest BCUT2D eigenvalue weighted by Gasteiger charge is -2.17. The normalized spacial score (nSPS) is 25.9. The summed E-state index contributed by atoms with van der Waals surface area (Å²) in [4.78, 5) is 31.8. The highest BCUT2D eigenvalue weighted by molar-refractivity contribution is 5.97. The number of carbonyl (C=O) groups excluding carboxylic acids is 1. The summed E-state index contributed by atoms with van der Waals surface area (Å²) in [6.07, 6.45) is 5.48. The molecule has 10 nitrogen and oxygen atoms in total. The number of hydrogen-bond donors (Lipinski definition) is 6. The molecule has 2 unspecified atom stereocenters. The molecule has 0 spiro atoms. The van der Waals surface area contributed by atoms with Crippen LogP contribution in [0, 0.1) is 24.7 Å². The molecule has 0 aliphatic carbocycles. The average Bonchev–Trinajstić information content (AvgIpc) is 3.59. The van der Waals surface area contributed by atoms with E-state index in [2.05, 4.69) is 20.6 Å². The lowest BCUT2D eigenvalue weighted by atomic mass is 9.91. The van der Waals surface area contributed by atoms with Crippen molar-refractivity contribution in [3.63, 3.8) is 0 Å². The number of aliphatic hydroxyl groups excluding tert-OH is 1. The van der Waals surface area contributed by atoms with E-state index >= 15 is 0 Å². The summed E-state index contributed by atoms with van der Waals surface area (Å²) >= 11 is 0. The number of aliphatic imine (C=N–C) groups is 1. The standard InChI is InChI=1S/C33H46N4O6/c1-7-20-19(6)32(42)37-27(20)14-25-18(5)23(10-12-31(40)41)29(35-25)15-28-22(9-11-30(38)39)17(4)24(34-28)13-26-16(3)21(8-2)33(43)36-26/h14-15,19-20,22,26,30,34-35,38-39H,7-13H2,1-6H3,(H,36,43)(H,37,42)(H,40,41)/p-1/b27-14-,28-15-/t19-,20-,22?,26?/m1/s1. The molecule has 3 aliphatic rings. The molecule has 0 bridgehead atoms. The monoisotopic (exact) mass is 593 g/mol. The van der Waals surface area contributed by atoms with Gasteiger partial charge in [0, 0.05) is 58.7 Å². The number of aromatic amines is 1. The maximum Gasteiger partial charge on any atom is 0.303 e. The molecule has 0 radical (unpaired) electrons. The van der Waals surface area contributed by atoms with E-state index in [4.69, 9.17) is 0 Å². The average molecular weight is 594 g/mol. The lowest BCUT2D eigenvalue weighted by Crippen LogP contribution is -2.30. The van der Waals surface area contributed by atoms with Crippen LogP contribution in [0.1, 0.15) is 95.7 Å². The molecule has 234 valence electrons. The van der Waals surface area contributed by atoms with Gasteiger partial charge in [0.1, 0.15) is 0 Å². The molecule has 1 aromatic heterocycles. The molecule has 0 fully saturated rings. The third-order valence-corrected chi connectivity index (χ3v) is 9.41. The van der Waals surface area contributed by atoms with Crippen LogP contribution in [0.3, 0.4) is 0 Å². The number of hydrogen-bond acceptors (Lipinski definition) is 7. The Hall–Kier alpha value is -3.63. The first-order valence-corrected chi connectivity index (χ1v) is 15.3. The molecule has 4 rings (SSSR count). The highest BCUT2D eigenvalue weighted by atomic mass is 16.5. The van der Waals surface area contributed by atoms with Crippen molar-refractivity contribution in [1.82, 2.24) is 15.6 Å². The van der Waals surface area contributed by atoms with E-state index < -0.39 is 12.3 Å². The van der Waals surface area contributed by atoms with Gasteiger partial charge in [-0.3, -0.25) is 14.6 Å². The van der Waals surface area contributed by atoms with Crippen molar-refractivity contribution >= 4 is 29.9 Å². The number of H-pyrrole nitrogens is 1. The minimum Gasteiger partial charge on any atom is -0.861 e. The molecule has 10 heteroatoms. The van der Waals surface area contributed by atoms with Gasteiger partial charge in [-0.25, -0.2) is 0 Å². The summed E-state index contributed by atoms with van der Waals surface area (Å²) in [5.41, 5.74) is 8.84. The highest BCUT2D eigenvalue weighted by Crippen LogP contribution is 2.38. The highest BCUT2D eigenvalue weighted by Gasteiger charge is 2.33. The Morgan fingerprint density at radius 2 is 1.84 bits per heavy atom. The Balaban J connectivity index is 1.72. The summed E-state index contributed by atoms with van der Waals surface area (Å²) in [5, 5.41) is 47.8. The first-order valence-electron chi connectivity index (χ1n) is 15.3. The maximum atomic E-state index is 12.5. The van der Waals surface area contributed by atoms with E-state index in [1.807, 2.05) is 53.7 Å². The Morgan fingerprint density at radius 3 is 2.44 bits per heavy atom. The number of nitrogens with zero attached hydrogens (tertiary/aromatic N) is 1. The van der Waals surface area contributed by atoms with Gasteiger partial charge in [-0.2, -0.15) is 0 Å². The molecule has 0 saturated carbocycles. The predicted molar refractivity (Wildman–Crippen MR) is 164 cm³/mol. The van der Waals surface area contributed by atoms with Crippen molar-refractivity contribution in [3.8, 4) is 0 Å². The van der Waals surface area contributed by atoms with Crippen LogP contribution >= 0.6 is 0 Å². The molecule has 1 aromatic rings. The van der Waals surface area contributed by atoms with E-state index in [-0.39, 0.29) is 48.4 Å². The SMILES string of the molecule is CCC1=C(C)C(CC2=C(C)C(CCC(O)O)/C(=C/c3[nH]c(/C=C4\N=C([O-])[C@H](C)[C@H]4CC)c(C)c3CCC(=O)O)N2)NC1=O. The van der Waals surface area contributed by atoms with E-state index in [9.17, 15) is 30.0 Å². The number of aromatic nitrogens is 1. The van der Waals surface area contributed by atoms with E-state index in [1.165, 1.54) is 0 Å². The van der Waals surface area contributed by atoms with E-state index in [0.29, 0.717) is 25.7 Å². The number of aliphatic carboxylic acids is 1. The molecule has 4 heterocycles. The predicted octanol–water partition coefficient (Wildman–Crippen LogP) is 3.66. The number of carboxylic acid groups (broad SMARTS) is 1. The largest absolute Gasteiger partial charge is 0.861 e.